The Labute approximate surface area is 144 Å². The average Bonchev–Trinajstić information content (AvgIpc) is 3.22. The molecule has 25 heavy (non-hydrogen) atoms. The SMILES string of the molecule is Cc1ccc(/C=C/C(=O)N2CC[C@@H](Nc3ccc([N+](=O)[O-])cn3)C2)o1. The first-order valence-corrected chi connectivity index (χ1v) is 7.91. The van der Waals surface area contributed by atoms with Crippen molar-refractivity contribution in [1.29, 1.82) is 0 Å². The van der Waals surface area contributed by atoms with Gasteiger partial charge in [-0.15, -0.1) is 0 Å². The van der Waals surface area contributed by atoms with Crippen LogP contribution in [0.1, 0.15) is 17.9 Å². The number of aryl methyl sites for hydroxylation is 1. The van der Waals surface area contributed by atoms with Gasteiger partial charge in [-0.3, -0.25) is 14.9 Å². The van der Waals surface area contributed by atoms with E-state index >= 15 is 0 Å². The number of furan rings is 1. The van der Waals surface area contributed by atoms with Crippen LogP contribution in [0.3, 0.4) is 0 Å². The molecule has 0 spiro atoms. The maximum absolute atomic E-state index is 12.2. The van der Waals surface area contributed by atoms with Gasteiger partial charge < -0.3 is 14.6 Å². The molecule has 8 heteroatoms. The van der Waals surface area contributed by atoms with Gasteiger partial charge in [-0.1, -0.05) is 0 Å². The van der Waals surface area contributed by atoms with Gasteiger partial charge in [0.15, 0.2) is 0 Å². The van der Waals surface area contributed by atoms with Crippen LogP contribution in [0.2, 0.25) is 0 Å². The van der Waals surface area contributed by atoms with Crippen molar-refractivity contribution in [3.05, 3.63) is 58.2 Å². The molecule has 0 aromatic carbocycles. The van der Waals surface area contributed by atoms with Crippen molar-refractivity contribution in [2.75, 3.05) is 18.4 Å². The Morgan fingerprint density at radius 2 is 2.28 bits per heavy atom. The summed E-state index contributed by atoms with van der Waals surface area (Å²) in [5.74, 6) is 1.93. The molecule has 2 aromatic rings. The molecular weight excluding hydrogens is 324 g/mol. The third-order valence-corrected chi connectivity index (χ3v) is 3.96. The van der Waals surface area contributed by atoms with Crippen molar-refractivity contribution in [3.63, 3.8) is 0 Å². The van der Waals surface area contributed by atoms with Crippen molar-refractivity contribution in [3.8, 4) is 0 Å². The predicted octanol–water partition coefficient (Wildman–Crippen LogP) is 2.62. The van der Waals surface area contributed by atoms with Gasteiger partial charge in [0.2, 0.25) is 5.91 Å². The van der Waals surface area contributed by atoms with E-state index in [1.807, 2.05) is 19.1 Å². The highest BCUT2D eigenvalue weighted by Gasteiger charge is 2.25. The van der Waals surface area contributed by atoms with E-state index in [1.54, 1.807) is 17.0 Å². The molecule has 8 nitrogen and oxygen atoms in total. The summed E-state index contributed by atoms with van der Waals surface area (Å²) in [5.41, 5.74) is -0.0490. The van der Waals surface area contributed by atoms with E-state index in [0.29, 0.717) is 24.7 Å². The second kappa shape index (κ2) is 7.16. The van der Waals surface area contributed by atoms with E-state index in [0.717, 1.165) is 12.2 Å². The zero-order chi connectivity index (χ0) is 17.8. The lowest BCUT2D eigenvalue weighted by Gasteiger charge is -2.15. The largest absolute Gasteiger partial charge is 0.462 e. The van der Waals surface area contributed by atoms with Gasteiger partial charge in [-0.05, 0) is 37.6 Å². The number of carbonyl (C=O) groups is 1. The van der Waals surface area contributed by atoms with Crippen molar-refractivity contribution >= 4 is 23.5 Å². The van der Waals surface area contributed by atoms with Crippen LogP contribution in [0.15, 0.2) is 41.0 Å². The average molecular weight is 342 g/mol. The molecule has 0 saturated carbocycles. The van der Waals surface area contributed by atoms with Crippen LogP contribution in [0.4, 0.5) is 11.5 Å². The topological polar surface area (TPSA) is 102 Å². The van der Waals surface area contributed by atoms with Crippen LogP contribution < -0.4 is 5.32 Å². The number of nitro groups is 1. The normalized spacial score (nSPS) is 17.2. The second-order valence-corrected chi connectivity index (χ2v) is 5.85. The molecule has 1 aliphatic rings. The van der Waals surface area contributed by atoms with Gasteiger partial charge in [-0.2, -0.15) is 0 Å². The number of rotatable bonds is 5. The molecule has 1 fully saturated rings. The smallest absolute Gasteiger partial charge is 0.287 e. The van der Waals surface area contributed by atoms with Crippen molar-refractivity contribution in [2.45, 2.75) is 19.4 Å². The Morgan fingerprint density at radius 1 is 1.44 bits per heavy atom. The number of nitrogens with one attached hydrogen (secondary N) is 1. The highest BCUT2D eigenvalue weighted by Crippen LogP contribution is 2.17. The second-order valence-electron chi connectivity index (χ2n) is 5.85. The van der Waals surface area contributed by atoms with Gasteiger partial charge in [-0.25, -0.2) is 4.98 Å². The monoisotopic (exact) mass is 342 g/mol. The first-order chi connectivity index (χ1) is 12.0. The maximum atomic E-state index is 12.2. The Bertz CT molecular complexity index is 797. The number of amides is 1. The summed E-state index contributed by atoms with van der Waals surface area (Å²) in [7, 11) is 0. The maximum Gasteiger partial charge on any atom is 0.287 e. The van der Waals surface area contributed by atoms with E-state index in [2.05, 4.69) is 10.3 Å². The Hall–Kier alpha value is -3.16. The molecule has 1 aliphatic heterocycles. The summed E-state index contributed by atoms with van der Waals surface area (Å²) < 4.78 is 5.40. The molecule has 0 aliphatic carbocycles. The zero-order valence-corrected chi connectivity index (χ0v) is 13.7. The lowest BCUT2D eigenvalue weighted by Crippen LogP contribution is -2.30. The van der Waals surface area contributed by atoms with Crippen LogP contribution in [0.5, 0.6) is 0 Å². The Kier molecular flexibility index (Phi) is 4.78. The van der Waals surface area contributed by atoms with Gasteiger partial charge in [0.05, 0.1) is 4.92 Å². The summed E-state index contributed by atoms with van der Waals surface area (Å²) in [4.78, 5) is 28.1. The summed E-state index contributed by atoms with van der Waals surface area (Å²) in [6.07, 6.45) is 5.17. The molecule has 3 rings (SSSR count). The number of anilines is 1. The molecule has 0 radical (unpaired) electrons. The van der Waals surface area contributed by atoms with E-state index in [1.165, 1.54) is 18.3 Å². The number of hydrogen-bond acceptors (Lipinski definition) is 6. The van der Waals surface area contributed by atoms with Gasteiger partial charge in [0.1, 0.15) is 23.5 Å². The molecule has 1 N–H and O–H groups in total. The van der Waals surface area contributed by atoms with Crippen molar-refractivity contribution in [2.24, 2.45) is 0 Å². The van der Waals surface area contributed by atoms with Crippen LogP contribution in [-0.2, 0) is 4.79 Å². The summed E-state index contributed by atoms with van der Waals surface area (Å²) in [6.45, 7) is 3.05. The minimum atomic E-state index is -0.487. The number of likely N-dealkylation sites (tertiary alicyclic amines) is 1. The number of hydrogen-bond donors (Lipinski definition) is 1. The Balaban J connectivity index is 1.53. The zero-order valence-electron chi connectivity index (χ0n) is 13.7. The minimum absolute atomic E-state index is 0.0490. The van der Waals surface area contributed by atoms with Crippen LogP contribution >= 0.6 is 0 Å². The standard InChI is InChI=1S/C17H18N4O4/c1-12-2-4-15(25-12)5-7-17(22)20-9-8-13(11-20)19-16-6-3-14(10-18-16)21(23)24/h2-7,10,13H,8-9,11H2,1H3,(H,18,19)/b7-5+/t13-/m1/s1. The van der Waals surface area contributed by atoms with Crippen LogP contribution in [0.25, 0.3) is 6.08 Å². The molecule has 0 bridgehead atoms. The minimum Gasteiger partial charge on any atom is -0.462 e. The molecule has 1 atom stereocenters. The highest BCUT2D eigenvalue weighted by molar-refractivity contribution is 5.91. The van der Waals surface area contributed by atoms with Crippen molar-refractivity contribution in [1.82, 2.24) is 9.88 Å². The van der Waals surface area contributed by atoms with Crippen LogP contribution in [-0.4, -0.2) is 39.8 Å². The first kappa shape index (κ1) is 16.7. The molecule has 1 saturated heterocycles. The first-order valence-electron chi connectivity index (χ1n) is 7.91. The predicted molar refractivity (Wildman–Crippen MR) is 92.0 cm³/mol. The number of carbonyl (C=O) groups excluding carboxylic acids is 1. The molecule has 1 amide bonds. The quantitative estimate of drug-likeness (QED) is 0.509. The molecular formula is C17H18N4O4. The number of pyridine rings is 1. The fourth-order valence-corrected chi connectivity index (χ4v) is 2.67. The fourth-order valence-electron chi connectivity index (χ4n) is 2.67. The summed E-state index contributed by atoms with van der Waals surface area (Å²) in [6, 6.07) is 6.70. The highest BCUT2D eigenvalue weighted by atomic mass is 16.6. The molecule has 130 valence electrons. The molecule has 0 unspecified atom stereocenters. The van der Waals surface area contributed by atoms with E-state index in [4.69, 9.17) is 4.42 Å². The van der Waals surface area contributed by atoms with Crippen molar-refractivity contribution < 1.29 is 14.1 Å². The lowest BCUT2D eigenvalue weighted by atomic mass is 10.2. The number of nitrogens with zero attached hydrogens (tertiary/aromatic N) is 3. The fraction of sp³-hybridized carbons (Fsp3) is 0.294. The van der Waals surface area contributed by atoms with E-state index < -0.39 is 4.92 Å². The van der Waals surface area contributed by atoms with E-state index in [-0.39, 0.29) is 17.6 Å². The number of aromatic nitrogens is 1. The molecule has 2 aromatic heterocycles. The lowest BCUT2D eigenvalue weighted by molar-refractivity contribution is -0.385. The summed E-state index contributed by atoms with van der Waals surface area (Å²) in [5, 5.41) is 13.8. The van der Waals surface area contributed by atoms with E-state index in [9.17, 15) is 14.9 Å². The summed E-state index contributed by atoms with van der Waals surface area (Å²) >= 11 is 0. The van der Waals surface area contributed by atoms with Crippen LogP contribution in [0, 0.1) is 17.0 Å². The third-order valence-electron chi connectivity index (χ3n) is 3.96. The van der Waals surface area contributed by atoms with Gasteiger partial charge in [0, 0.05) is 31.3 Å². The Morgan fingerprint density at radius 3 is 2.92 bits per heavy atom. The van der Waals surface area contributed by atoms with Gasteiger partial charge in [0.25, 0.3) is 5.69 Å². The third kappa shape index (κ3) is 4.23. The molecule has 3 heterocycles. The van der Waals surface area contributed by atoms with Gasteiger partial charge >= 0.3 is 0 Å².